The van der Waals surface area contributed by atoms with Crippen LogP contribution < -0.4 is 5.32 Å². The molecule has 0 radical (unpaired) electrons. The molecule has 0 fully saturated rings. The maximum atomic E-state index is 12.4. The van der Waals surface area contributed by atoms with E-state index in [9.17, 15) is 9.59 Å². The Balaban J connectivity index is 1.71. The zero-order valence-corrected chi connectivity index (χ0v) is 15.8. The number of methoxy groups -OCH3 is 1. The Labute approximate surface area is 167 Å². The predicted molar refractivity (Wildman–Crippen MR) is 111 cm³/mol. The molecule has 28 heavy (non-hydrogen) atoms. The van der Waals surface area contributed by atoms with Crippen molar-refractivity contribution in [3.63, 3.8) is 0 Å². The van der Waals surface area contributed by atoms with Gasteiger partial charge in [-0.25, -0.2) is 4.79 Å². The number of nitrogens with zero attached hydrogens (tertiary/aromatic N) is 1. The normalized spacial score (nSPS) is 10.6. The van der Waals surface area contributed by atoms with E-state index < -0.39 is 0 Å². The molecule has 0 aromatic heterocycles. The lowest BCUT2D eigenvalue weighted by Crippen LogP contribution is -2.12. The topological polar surface area (TPSA) is 67.8 Å². The Morgan fingerprint density at radius 3 is 2.46 bits per heavy atom. The van der Waals surface area contributed by atoms with Crippen molar-refractivity contribution in [1.29, 1.82) is 0 Å². The first kappa shape index (κ1) is 19.3. The van der Waals surface area contributed by atoms with Gasteiger partial charge in [0.15, 0.2) is 0 Å². The van der Waals surface area contributed by atoms with E-state index in [-0.39, 0.29) is 11.9 Å². The van der Waals surface area contributed by atoms with Crippen LogP contribution in [-0.4, -0.2) is 25.2 Å². The Morgan fingerprint density at radius 1 is 1.00 bits per heavy atom. The highest BCUT2D eigenvalue weighted by molar-refractivity contribution is 6.34. The first-order chi connectivity index (χ1) is 13.6. The molecule has 0 saturated heterocycles. The lowest BCUT2D eigenvalue weighted by atomic mass is 10.1. The summed E-state index contributed by atoms with van der Waals surface area (Å²) < 4.78 is 4.67. The Kier molecular flexibility index (Phi) is 6.19. The summed E-state index contributed by atoms with van der Waals surface area (Å²) in [5.41, 5.74) is 3.00. The largest absolute Gasteiger partial charge is 0.465 e. The van der Waals surface area contributed by atoms with Gasteiger partial charge in [-0.2, -0.15) is 0 Å². The summed E-state index contributed by atoms with van der Waals surface area (Å²) in [6.45, 7) is 0. The summed E-state index contributed by atoms with van der Waals surface area (Å²) in [5, 5.41) is 3.21. The van der Waals surface area contributed by atoms with Gasteiger partial charge in [-0.05, 0) is 48.0 Å². The SMILES string of the molecule is COC(=O)c1ccc(C=Nc2cccc(NC(=O)c3ccccc3Cl)c2)cc1. The zero-order chi connectivity index (χ0) is 19.9. The van der Waals surface area contributed by atoms with E-state index in [1.54, 1.807) is 72.9 Å². The van der Waals surface area contributed by atoms with Gasteiger partial charge in [-0.1, -0.05) is 41.9 Å². The molecule has 0 aliphatic heterocycles. The van der Waals surface area contributed by atoms with Crippen LogP contribution in [0.5, 0.6) is 0 Å². The predicted octanol–water partition coefficient (Wildman–Crippen LogP) is 5.13. The first-order valence-electron chi connectivity index (χ1n) is 8.45. The van der Waals surface area contributed by atoms with Crippen molar-refractivity contribution in [1.82, 2.24) is 0 Å². The third-order valence-corrected chi connectivity index (χ3v) is 4.25. The molecule has 0 aliphatic rings. The van der Waals surface area contributed by atoms with E-state index in [4.69, 9.17) is 11.6 Å². The standard InChI is InChI=1S/C22H17ClN2O3/c1-28-22(27)16-11-9-15(10-12-16)14-24-17-5-4-6-18(13-17)25-21(26)19-7-2-3-8-20(19)23/h2-14H,1H3,(H,25,26). The molecule has 140 valence electrons. The molecule has 3 aromatic carbocycles. The summed E-state index contributed by atoms with van der Waals surface area (Å²) in [6.07, 6.45) is 1.68. The average Bonchev–Trinajstić information content (AvgIpc) is 2.72. The van der Waals surface area contributed by atoms with Crippen molar-refractivity contribution in [3.8, 4) is 0 Å². The maximum absolute atomic E-state index is 12.4. The number of esters is 1. The van der Waals surface area contributed by atoms with Gasteiger partial charge in [0.1, 0.15) is 0 Å². The number of carbonyl (C=O) groups excluding carboxylic acids is 2. The fourth-order valence-electron chi connectivity index (χ4n) is 2.48. The van der Waals surface area contributed by atoms with E-state index in [0.717, 1.165) is 5.56 Å². The van der Waals surface area contributed by atoms with E-state index in [2.05, 4.69) is 15.0 Å². The number of aliphatic imine (C=N–C) groups is 1. The minimum atomic E-state index is -0.384. The Bertz CT molecular complexity index is 1030. The third kappa shape index (κ3) is 4.84. The number of ether oxygens (including phenoxy) is 1. The van der Waals surface area contributed by atoms with E-state index in [1.807, 2.05) is 6.07 Å². The van der Waals surface area contributed by atoms with Crippen LogP contribution in [0.25, 0.3) is 0 Å². The smallest absolute Gasteiger partial charge is 0.337 e. The van der Waals surface area contributed by atoms with Gasteiger partial charge in [0.2, 0.25) is 0 Å². The van der Waals surface area contributed by atoms with Crippen molar-refractivity contribution in [2.45, 2.75) is 0 Å². The molecule has 0 bridgehead atoms. The minimum absolute atomic E-state index is 0.287. The van der Waals surface area contributed by atoms with Crippen LogP contribution in [0.3, 0.4) is 0 Å². The molecule has 0 heterocycles. The highest BCUT2D eigenvalue weighted by Gasteiger charge is 2.09. The number of halogens is 1. The van der Waals surface area contributed by atoms with Gasteiger partial charge in [-0.3, -0.25) is 9.79 Å². The molecular weight excluding hydrogens is 376 g/mol. The van der Waals surface area contributed by atoms with Crippen LogP contribution in [-0.2, 0) is 4.74 Å². The molecular formula is C22H17ClN2O3. The Morgan fingerprint density at radius 2 is 1.75 bits per heavy atom. The summed E-state index contributed by atoms with van der Waals surface area (Å²) in [5.74, 6) is -0.671. The highest BCUT2D eigenvalue weighted by Crippen LogP contribution is 2.21. The van der Waals surface area contributed by atoms with Crippen LogP contribution in [0, 0.1) is 0 Å². The molecule has 6 heteroatoms. The number of benzene rings is 3. The molecule has 0 aliphatic carbocycles. The highest BCUT2D eigenvalue weighted by atomic mass is 35.5. The first-order valence-corrected chi connectivity index (χ1v) is 8.83. The molecule has 3 aromatic rings. The van der Waals surface area contributed by atoms with Gasteiger partial charge < -0.3 is 10.1 Å². The van der Waals surface area contributed by atoms with Crippen molar-refractivity contribution < 1.29 is 14.3 Å². The Hall–Kier alpha value is -3.44. The molecule has 0 saturated carbocycles. The van der Waals surface area contributed by atoms with Crippen LogP contribution in [0.15, 0.2) is 77.8 Å². The van der Waals surface area contributed by atoms with Crippen LogP contribution >= 0.6 is 11.6 Å². The van der Waals surface area contributed by atoms with Gasteiger partial charge >= 0.3 is 5.97 Å². The third-order valence-electron chi connectivity index (χ3n) is 3.92. The molecule has 1 amide bonds. The van der Waals surface area contributed by atoms with E-state index >= 15 is 0 Å². The molecule has 1 N–H and O–H groups in total. The summed E-state index contributed by atoms with van der Waals surface area (Å²) in [4.78, 5) is 28.2. The summed E-state index contributed by atoms with van der Waals surface area (Å²) >= 11 is 6.06. The van der Waals surface area contributed by atoms with Gasteiger partial charge in [0, 0.05) is 11.9 Å². The average molecular weight is 393 g/mol. The van der Waals surface area contributed by atoms with Crippen molar-refractivity contribution >= 4 is 41.1 Å². The number of amides is 1. The monoisotopic (exact) mass is 392 g/mol. The van der Waals surface area contributed by atoms with E-state index in [1.165, 1.54) is 7.11 Å². The number of rotatable bonds is 5. The van der Waals surface area contributed by atoms with Gasteiger partial charge in [0.05, 0.1) is 28.9 Å². The lowest BCUT2D eigenvalue weighted by molar-refractivity contribution is 0.0600. The lowest BCUT2D eigenvalue weighted by Gasteiger charge is -2.07. The minimum Gasteiger partial charge on any atom is -0.465 e. The zero-order valence-electron chi connectivity index (χ0n) is 15.1. The fraction of sp³-hybridized carbons (Fsp3) is 0.0455. The number of hydrogen-bond donors (Lipinski definition) is 1. The molecule has 5 nitrogen and oxygen atoms in total. The number of anilines is 1. The van der Waals surface area contributed by atoms with Gasteiger partial charge in [-0.15, -0.1) is 0 Å². The summed E-state index contributed by atoms with van der Waals surface area (Å²) in [6, 6.07) is 20.9. The van der Waals surface area contributed by atoms with Crippen molar-refractivity contribution in [2.75, 3.05) is 12.4 Å². The van der Waals surface area contributed by atoms with Crippen LogP contribution in [0.2, 0.25) is 5.02 Å². The molecule has 0 spiro atoms. The fourth-order valence-corrected chi connectivity index (χ4v) is 2.70. The van der Waals surface area contributed by atoms with Crippen molar-refractivity contribution in [2.24, 2.45) is 4.99 Å². The van der Waals surface area contributed by atoms with Gasteiger partial charge in [0.25, 0.3) is 5.91 Å². The molecule has 0 unspecified atom stereocenters. The van der Waals surface area contributed by atoms with Crippen LogP contribution in [0.4, 0.5) is 11.4 Å². The second-order valence-electron chi connectivity index (χ2n) is 5.86. The molecule has 3 rings (SSSR count). The maximum Gasteiger partial charge on any atom is 0.337 e. The quantitative estimate of drug-likeness (QED) is 0.483. The number of carbonyl (C=O) groups is 2. The second-order valence-corrected chi connectivity index (χ2v) is 6.26. The second kappa shape index (κ2) is 8.97. The summed E-state index contributed by atoms with van der Waals surface area (Å²) in [7, 11) is 1.34. The van der Waals surface area contributed by atoms with Crippen LogP contribution in [0.1, 0.15) is 26.3 Å². The number of nitrogens with one attached hydrogen (secondary N) is 1. The number of hydrogen-bond acceptors (Lipinski definition) is 4. The van der Waals surface area contributed by atoms with E-state index in [0.29, 0.717) is 27.5 Å². The molecule has 0 atom stereocenters. The van der Waals surface area contributed by atoms with Crippen molar-refractivity contribution in [3.05, 3.63) is 94.5 Å².